The predicted molar refractivity (Wildman–Crippen MR) is 144 cm³/mol. The fourth-order valence-electron chi connectivity index (χ4n) is 4.24. The summed E-state index contributed by atoms with van der Waals surface area (Å²) < 4.78 is 44.8. The van der Waals surface area contributed by atoms with Crippen LogP contribution in [0.4, 0.5) is 5.13 Å². The Morgan fingerprint density at radius 2 is 1.81 bits per heavy atom. The van der Waals surface area contributed by atoms with Crippen molar-refractivity contribution in [2.45, 2.75) is 30.8 Å². The number of carbonyl (C=O) groups excluding carboxylic acids is 1. The van der Waals surface area contributed by atoms with Crippen LogP contribution < -0.4 is 4.90 Å². The van der Waals surface area contributed by atoms with Gasteiger partial charge in [0.05, 0.1) is 41.0 Å². The quantitative estimate of drug-likeness (QED) is 0.341. The van der Waals surface area contributed by atoms with Crippen molar-refractivity contribution < 1.29 is 27.4 Å². The van der Waals surface area contributed by atoms with E-state index in [2.05, 4.69) is 0 Å². The van der Waals surface area contributed by atoms with E-state index in [0.29, 0.717) is 23.8 Å². The number of carbonyl (C=O) groups is 1. The van der Waals surface area contributed by atoms with Gasteiger partial charge in [0.2, 0.25) is 10.0 Å². The molecule has 4 rings (SSSR count). The topological polar surface area (TPSA) is 98.3 Å². The van der Waals surface area contributed by atoms with Crippen molar-refractivity contribution in [3.05, 3.63) is 53.6 Å². The van der Waals surface area contributed by atoms with E-state index in [1.807, 2.05) is 25.1 Å². The number of anilines is 1. The van der Waals surface area contributed by atoms with Crippen LogP contribution in [0.2, 0.25) is 0 Å². The highest BCUT2D eigenvalue weighted by molar-refractivity contribution is 7.89. The molecule has 2 heterocycles. The lowest BCUT2D eigenvalue weighted by Crippen LogP contribution is -2.38. The van der Waals surface area contributed by atoms with Crippen LogP contribution in [0.15, 0.2) is 47.4 Å². The van der Waals surface area contributed by atoms with Crippen molar-refractivity contribution >= 4 is 42.6 Å². The minimum atomic E-state index is -3.78. The summed E-state index contributed by atoms with van der Waals surface area (Å²) in [6.45, 7) is 4.00. The van der Waals surface area contributed by atoms with Gasteiger partial charge in [0.1, 0.15) is 0 Å². The van der Waals surface area contributed by atoms with Crippen molar-refractivity contribution in [3.63, 3.8) is 0 Å². The molecule has 11 heteroatoms. The standard InChI is InChI=1S/C26H33N3O6S2/c1-19-6-4-8-23-24(19)27-26(36-23)29(18-21-7-5-15-35-21)25(30)20-9-11-22(12-10-20)37(31,32)28(13-16-33-2)14-17-34-3/h4,6,8-12,21H,5,7,13-18H2,1-3H3. The Bertz CT molecular complexity index is 1300. The number of fused-ring (bicyclic) bond motifs is 1. The van der Waals surface area contributed by atoms with E-state index in [4.69, 9.17) is 19.2 Å². The van der Waals surface area contributed by atoms with E-state index < -0.39 is 10.0 Å². The largest absolute Gasteiger partial charge is 0.383 e. The molecule has 9 nitrogen and oxygen atoms in total. The Morgan fingerprint density at radius 1 is 1.11 bits per heavy atom. The van der Waals surface area contributed by atoms with Gasteiger partial charge >= 0.3 is 0 Å². The van der Waals surface area contributed by atoms with Gasteiger partial charge in [0.25, 0.3) is 5.91 Å². The second-order valence-electron chi connectivity index (χ2n) is 8.88. The number of benzene rings is 2. The Balaban J connectivity index is 1.61. The zero-order valence-electron chi connectivity index (χ0n) is 21.4. The minimum Gasteiger partial charge on any atom is -0.383 e. The molecule has 1 atom stereocenters. The number of aryl methyl sites for hydroxylation is 1. The highest BCUT2D eigenvalue weighted by Crippen LogP contribution is 2.32. The molecule has 1 amide bonds. The maximum absolute atomic E-state index is 13.7. The normalized spacial score (nSPS) is 16.1. The zero-order valence-corrected chi connectivity index (χ0v) is 23.0. The highest BCUT2D eigenvalue weighted by Gasteiger charge is 2.29. The Hall–Kier alpha value is -2.41. The van der Waals surface area contributed by atoms with Gasteiger partial charge in [-0.05, 0) is 55.7 Å². The van der Waals surface area contributed by atoms with E-state index in [1.165, 1.54) is 42.0 Å². The number of hydrogen-bond acceptors (Lipinski definition) is 8. The number of hydrogen-bond donors (Lipinski definition) is 0. The average Bonchev–Trinajstić information content (AvgIpc) is 3.57. The lowest BCUT2D eigenvalue weighted by molar-refractivity contribution is 0.0917. The summed E-state index contributed by atoms with van der Waals surface area (Å²) in [6.07, 6.45) is 1.77. The number of para-hydroxylation sites is 1. The summed E-state index contributed by atoms with van der Waals surface area (Å²) >= 11 is 1.46. The second-order valence-corrected chi connectivity index (χ2v) is 11.8. The second kappa shape index (κ2) is 12.4. The molecule has 1 aliphatic heterocycles. The first-order chi connectivity index (χ1) is 17.8. The third-order valence-electron chi connectivity index (χ3n) is 6.32. The maximum Gasteiger partial charge on any atom is 0.260 e. The van der Waals surface area contributed by atoms with E-state index in [1.54, 1.807) is 17.0 Å². The Morgan fingerprint density at radius 3 is 2.41 bits per heavy atom. The molecule has 0 radical (unpaired) electrons. The molecule has 200 valence electrons. The number of sulfonamides is 1. The van der Waals surface area contributed by atoms with Gasteiger partial charge in [-0.1, -0.05) is 23.5 Å². The fraction of sp³-hybridized carbons (Fsp3) is 0.462. The van der Waals surface area contributed by atoms with Gasteiger partial charge in [-0.15, -0.1) is 0 Å². The summed E-state index contributed by atoms with van der Waals surface area (Å²) in [6, 6.07) is 12.0. The number of nitrogens with zero attached hydrogens (tertiary/aromatic N) is 3. The van der Waals surface area contributed by atoms with Crippen molar-refractivity contribution in [1.29, 1.82) is 0 Å². The van der Waals surface area contributed by atoms with E-state index in [-0.39, 0.29) is 43.2 Å². The summed E-state index contributed by atoms with van der Waals surface area (Å²) in [7, 11) is -0.734. The molecule has 0 bridgehead atoms. The maximum atomic E-state index is 13.7. The summed E-state index contributed by atoms with van der Waals surface area (Å²) in [5.41, 5.74) is 2.31. The number of thiazole rings is 1. The van der Waals surface area contributed by atoms with Crippen LogP contribution in [0.25, 0.3) is 10.2 Å². The summed E-state index contributed by atoms with van der Waals surface area (Å²) in [4.78, 5) is 20.3. The van der Waals surface area contributed by atoms with Crippen molar-refractivity contribution in [1.82, 2.24) is 9.29 Å². The lowest BCUT2D eigenvalue weighted by Gasteiger charge is -2.24. The van der Waals surface area contributed by atoms with Gasteiger partial charge in [0, 0.05) is 39.5 Å². The molecule has 0 saturated carbocycles. The van der Waals surface area contributed by atoms with Crippen LogP contribution in [0, 0.1) is 6.92 Å². The van der Waals surface area contributed by atoms with Crippen LogP contribution in [-0.4, -0.2) is 83.4 Å². The van der Waals surface area contributed by atoms with Gasteiger partial charge in [-0.2, -0.15) is 4.31 Å². The monoisotopic (exact) mass is 547 g/mol. The predicted octanol–water partition coefficient (Wildman–Crippen LogP) is 3.71. The molecular formula is C26H33N3O6S2. The molecule has 1 unspecified atom stereocenters. The van der Waals surface area contributed by atoms with Crippen LogP contribution in [-0.2, 0) is 24.2 Å². The van der Waals surface area contributed by atoms with E-state index >= 15 is 0 Å². The first kappa shape index (κ1) is 27.6. The van der Waals surface area contributed by atoms with Crippen molar-refractivity contribution in [2.75, 3.05) is 58.6 Å². The molecule has 1 aromatic heterocycles. The molecule has 3 aromatic rings. The molecular weight excluding hydrogens is 514 g/mol. The van der Waals surface area contributed by atoms with Crippen LogP contribution in [0.1, 0.15) is 28.8 Å². The van der Waals surface area contributed by atoms with Crippen molar-refractivity contribution in [2.24, 2.45) is 0 Å². The smallest absolute Gasteiger partial charge is 0.260 e. The van der Waals surface area contributed by atoms with Gasteiger partial charge in [0.15, 0.2) is 5.13 Å². The van der Waals surface area contributed by atoms with Crippen LogP contribution in [0.3, 0.4) is 0 Å². The first-order valence-corrected chi connectivity index (χ1v) is 14.5. The highest BCUT2D eigenvalue weighted by atomic mass is 32.2. The summed E-state index contributed by atoms with van der Waals surface area (Å²) in [5, 5.41) is 0.604. The third-order valence-corrected chi connectivity index (χ3v) is 9.28. The number of aromatic nitrogens is 1. The first-order valence-electron chi connectivity index (χ1n) is 12.2. The minimum absolute atomic E-state index is 0.0631. The molecule has 1 aliphatic rings. The number of amides is 1. The zero-order chi connectivity index (χ0) is 26.4. The molecule has 1 fully saturated rings. The van der Waals surface area contributed by atoms with E-state index in [0.717, 1.165) is 28.6 Å². The molecule has 0 aliphatic carbocycles. The Kier molecular flexibility index (Phi) is 9.27. The van der Waals surface area contributed by atoms with Gasteiger partial charge < -0.3 is 14.2 Å². The molecule has 37 heavy (non-hydrogen) atoms. The average molecular weight is 548 g/mol. The van der Waals surface area contributed by atoms with Crippen LogP contribution >= 0.6 is 11.3 Å². The molecule has 1 saturated heterocycles. The van der Waals surface area contributed by atoms with E-state index in [9.17, 15) is 13.2 Å². The molecule has 0 spiro atoms. The van der Waals surface area contributed by atoms with Crippen molar-refractivity contribution in [3.8, 4) is 0 Å². The number of rotatable bonds is 12. The number of methoxy groups -OCH3 is 2. The molecule has 0 N–H and O–H groups in total. The van der Waals surface area contributed by atoms with Gasteiger partial charge in [-0.3, -0.25) is 9.69 Å². The summed E-state index contributed by atoms with van der Waals surface area (Å²) in [5.74, 6) is -0.244. The van der Waals surface area contributed by atoms with Crippen LogP contribution in [0.5, 0.6) is 0 Å². The molecule has 2 aromatic carbocycles. The SMILES string of the molecule is COCCN(CCOC)S(=O)(=O)c1ccc(C(=O)N(CC2CCCO2)c2nc3c(C)cccc3s2)cc1. The fourth-order valence-corrected chi connectivity index (χ4v) is 6.70. The third kappa shape index (κ3) is 6.36. The lowest BCUT2D eigenvalue weighted by atomic mass is 10.2. The van der Waals surface area contributed by atoms with Gasteiger partial charge in [-0.25, -0.2) is 13.4 Å². The number of ether oxygens (including phenoxy) is 3. The Labute approximate surface area is 222 Å².